The lowest BCUT2D eigenvalue weighted by Crippen LogP contribution is -2.30. The lowest BCUT2D eigenvalue weighted by atomic mass is 10.1. The van der Waals surface area contributed by atoms with Gasteiger partial charge in [0, 0.05) is 25.5 Å². The molecule has 4 heteroatoms. The molecule has 0 N–H and O–H groups in total. The molecule has 1 aromatic carbocycles. The van der Waals surface area contributed by atoms with Gasteiger partial charge in [-0.1, -0.05) is 12.1 Å². The van der Waals surface area contributed by atoms with Gasteiger partial charge in [-0.3, -0.25) is 14.5 Å². The Morgan fingerprint density at radius 2 is 1.30 bits per heavy atom. The molecule has 0 spiro atoms. The van der Waals surface area contributed by atoms with Crippen LogP contribution < -0.4 is 0 Å². The predicted octanol–water partition coefficient (Wildman–Crippen LogP) is 2.56. The van der Waals surface area contributed by atoms with Crippen molar-refractivity contribution in [3.05, 3.63) is 59.9 Å². The zero-order chi connectivity index (χ0) is 13.9. The van der Waals surface area contributed by atoms with Crippen molar-refractivity contribution in [3.63, 3.8) is 0 Å². The molecule has 2 aromatic rings. The third-order valence-electron chi connectivity index (χ3n) is 3.59. The molecule has 4 nitrogen and oxygen atoms in total. The van der Waals surface area contributed by atoms with Crippen molar-refractivity contribution in [2.45, 2.75) is 19.4 Å². The molecule has 102 valence electrons. The fraction of sp³-hybridized carbons (Fsp3) is 0.250. The van der Waals surface area contributed by atoms with Crippen LogP contribution in [-0.4, -0.2) is 27.8 Å². The zero-order valence-corrected chi connectivity index (χ0v) is 11.2. The Kier molecular flexibility index (Phi) is 3.37. The molecule has 0 saturated heterocycles. The first-order chi connectivity index (χ1) is 9.77. The summed E-state index contributed by atoms with van der Waals surface area (Å²) in [5.74, 6) is -0.321. The van der Waals surface area contributed by atoms with Gasteiger partial charge in [-0.25, -0.2) is 0 Å². The van der Waals surface area contributed by atoms with E-state index in [1.54, 1.807) is 24.3 Å². The van der Waals surface area contributed by atoms with Gasteiger partial charge in [0.2, 0.25) is 0 Å². The van der Waals surface area contributed by atoms with Crippen LogP contribution >= 0.6 is 0 Å². The second-order valence-corrected chi connectivity index (χ2v) is 4.94. The molecule has 1 aliphatic heterocycles. The second kappa shape index (κ2) is 5.33. The molecule has 0 aliphatic carbocycles. The molecule has 2 heterocycles. The van der Waals surface area contributed by atoms with E-state index < -0.39 is 0 Å². The van der Waals surface area contributed by atoms with Crippen molar-refractivity contribution in [1.82, 2.24) is 9.47 Å². The van der Waals surface area contributed by atoms with E-state index >= 15 is 0 Å². The summed E-state index contributed by atoms with van der Waals surface area (Å²) >= 11 is 0. The molecular formula is C16H16N2O2. The Hall–Kier alpha value is -2.36. The van der Waals surface area contributed by atoms with Crippen molar-refractivity contribution in [3.8, 4) is 0 Å². The van der Waals surface area contributed by atoms with E-state index in [-0.39, 0.29) is 11.8 Å². The number of amides is 2. The molecule has 0 fully saturated rings. The number of imide groups is 1. The van der Waals surface area contributed by atoms with Gasteiger partial charge >= 0.3 is 0 Å². The van der Waals surface area contributed by atoms with Gasteiger partial charge in [-0.05, 0) is 37.1 Å². The molecule has 0 saturated carbocycles. The summed E-state index contributed by atoms with van der Waals surface area (Å²) < 4.78 is 2.10. The molecule has 1 aromatic heterocycles. The van der Waals surface area contributed by atoms with Crippen LogP contribution in [0.5, 0.6) is 0 Å². The number of hydrogen-bond acceptors (Lipinski definition) is 2. The highest BCUT2D eigenvalue weighted by molar-refractivity contribution is 6.21. The maximum atomic E-state index is 12.1. The largest absolute Gasteiger partial charge is 0.354 e. The molecule has 0 radical (unpaired) electrons. The summed E-state index contributed by atoms with van der Waals surface area (Å²) in [6.07, 6.45) is 5.80. The number of unbranched alkanes of at least 4 members (excludes halogenated alkanes) is 1. The van der Waals surface area contributed by atoms with Crippen molar-refractivity contribution in [2.75, 3.05) is 6.54 Å². The topological polar surface area (TPSA) is 42.3 Å². The van der Waals surface area contributed by atoms with Crippen molar-refractivity contribution < 1.29 is 9.59 Å². The number of carbonyl (C=O) groups is 2. The third-order valence-corrected chi connectivity index (χ3v) is 3.59. The Morgan fingerprint density at radius 1 is 0.750 bits per heavy atom. The van der Waals surface area contributed by atoms with Crippen LogP contribution in [0.3, 0.4) is 0 Å². The Bertz CT molecular complexity index is 597. The minimum Gasteiger partial charge on any atom is -0.354 e. The number of carbonyl (C=O) groups excluding carboxylic acids is 2. The van der Waals surface area contributed by atoms with Gasteiger partial charge in [0.05, 0.1) is 11.1 Å². The minimum absolute atomic E-state index is 0.161. The van der Waals surface area contributed by atoms with Crippen molar-refractivity contribution >= 4 is 11.8 Å². The van der Waals surface area contributed by atoms with Crippen LogP contribution in [0.25, 0.3) is 0 Å². The summed E-state index contributed by atoms with van der Waals surface area (Å²) in [6.45, 7) is 1.41. The molecule has 0 unspecified atom stereocenters. The van der Waals surface area contributed by atoms with E-state index in [0.717, 1.165) is 19.4 Å². The average Bonchev–Trinajstić information content (AvgIpc) is 3.06. The van der Waals surface area contributed by atoms with E-state index in [4.69, 9.17) is 0 Å². The van der Waals surface area contributed by atoms with Crippen LogP contribution in [-0.2, 0) is 6.54 Å². The Balaban J connectivity index is 1.57. The smallest absolute Gasteiger partial charge is 0.261 e. The number of benzene rings is 1. The van der Waals surface area contributed by atoms with E-state index in [0.29, 0.717) is 17.7 Å². The number of fused-ring (bicyclic) bond motifs is 1. The van der Waals surface area contributed by atoms with Crippen LogP contribution in [0.2, 0.25) is 0 Å². The Morgan fingerprint density at radius 3 is 1.90 bits per heavy atom. The average molecular weight is 268 g/mol. The number of rotatable bonds is 5. The van der Waals surface area contributed by atoms with Gasteiger partial charge in [-0.2, -0.15) is 0 Å². The lowest BCUT2D eigenvalue weighted by Gasteiger charge is -2.13. The fourth-order valence-corrected chi connectivity index (χ4v) is 2.53. The Labute approximate surface area is 117 Å². The maximum absolute atomic E-state index is 12.1. The zero-order valence-electron chi connectivity index (χ0n) is 11.2. The second-order valence-electron chi connectivity index (χ2n) is 4.94. The minimum atomic E-state index is -0.161. The highest BCUT2D eigenvalue weighted by Gasteiger charge is 2.34. The summed E-state index contributed by atoms with van der Waals surface area (Å²) in [4.78, 5) is 25.6. The van der Waals surface area contributed by atoms with Crippen molar-refractivity contribution in [1.29, 1.82) is 0 Å². The van der Waals surface area contributed by atoms with E-state index in [2.05, 4.69) is 4.57 Å². The van der Waals surface area contributed by atoms with Crippen LogP contribution in [0.4, 0.5) is 0 Å². The van der Waals surface area contributed by atoms with Crippen molar-refractivity contribution in [2.24, 2.45) is 0 Å². The summed E-state index contributed by atoms with van der Waals surface area (Å²) in [5, 5.41) is 0. The number of hydrogen-bond donors (Lipinski definition) is 0. The standard InChI is InChI=1S/C16H16N2O2/c19-15-13-7-1-2-8-14(13)16(20)18(15)12-6-5-11-17-9-3-4-10-17/h1-4,7-10H,5-6,11-12H2. The molecule has 3 rings (SSSR count). The molecule has 0 atom stereocenters. The maximum Gasteiger partial charge on any atom is 0.261 e. The van der Waals surface area contributed by atoms with Gasteiger partial charge in [0.1, 0.15) is 0 Å². The molecule has 2 amide bonds. The summed E-state index contributed by atoms with van der Waals surface area (Å²) in [6, 6.07) is 11.0. The number of aromatic nitrogens is 1. The quantitative estimate of drug-likeness (QED) is 0.618. The number of aryl methyl sites for hydroxylation is 1. The van der Waals surface area contributed by atoms with Gasteiger partial charge in [0.15, 0.2) is 0 Å². The normalized spacial score (nSPS) is 13.9. The highest BCUT2D eigenvalue weighted by atomic mass is 16.2. The van der Waals surface area contributed by atoms with Crippen LogP contribution in [0.15, 0.2) is 48.8 Å². The lowest BCUT2D eigenvalue weighted by molar-refractivity contribution is 0.0651. The van der Waals surface area contributed by atoms with Gasteiger partial charge in [0.25, 0.3) is 11.8 Å². The number of nitrogens with zero attached hydrogens (tertiary/aromatic N) is 2. The van der Waals surface area contributed by atoms with E-state index in [1.807, 2.05) is 24.5 Å². The molecule has 0 bridgehead atoms. The van der Waals surface area contributed by atoms with Gasteiger partial charge in [-0.15, -0.1) is 0 Å². The summed E-state index contributed by atoms with van der Waals surface area (Å²) in [7, 11) is 0. The fourth-order valence-electron chi connectivity index (χ4n) is 2.53. The van der Waals surface area contributed by atoms with E-state index in [9.17, 15) is 9.59 Å². The molecular weight excluding hydrogens is 252 g/mol. The van der Waals surface area contributed by atoms with Crippen LogP contribution in [0.1, 0.15) is 33.6 Å². The monoisotopic (exact) mass is 268 g/mol. The SMILES string of the molecule is O=C1c2ccccc2C(=O)N1CCCCn1cccc1. The first-order valence-electron chi connectivity index (χ1n) is 6.83. The van der Waals surface area contributed by atoms with Crippen LogP contribution in [0, 0.1) is 0 Å². The highest BCUT2D eigenvalue weighted by Crippen LogP contribution is 2.22. The van der Waals surface area contributed by atoms with E-state index in [1.165, 1.54) is 4.90 Å². The molecule has 1 aliphatic rings. The van der Waals surface area contributed by atoms with Gasteiger partial charge < -0.3 is 4.57 Å². The first kappa shape index (κ1) is 12.7. The summed E-state index contributed by atoms with van der Waals surface area (Å²) in [5.41, 5.74) is 1.06. The third kappa shape index (κ3) is 2.25. The molecule has 20 heavy (non-hydrogen) atoms. The predicted molar refractivity (Wildman–Crippen MR) is 75.5 cm³/mol. The first-order valence-corrected chi connectivity index (χ1v) is 6.83.